The molecule has 30 heavy (non-hydrogen) atoms. The standard InChI is InChI=1S/C23H25F3N2O2/c1-4-8-21(22(29)28(16(2)3)15-17-9-6-5-7-10-17)30-19-12-11-18(14-27)20(13-19)23(24,25)26/h5-7,9-13,16,21H,4,8,15H2,1-3H3. The van der Waals surface area contributed by atoms with Crippen molar-refractivity contribution in [1.82, 2.24) is 4.90 Å². The second kappa shape index (κ2) is 10.1. The quantitative estimate of drug-likeness (QED) is 0.564. The maximum Gasteiger partial charge on any atom is 0.417 e. The van der Waals surface area contributed by atoms with E-state index in [1.54, 1.807) is 11.0 Å². The molecule has 0 radical (unpaired) electrons. The first-order valence-corrected chi connectivity index (χ1v) is 9.79. The maximum absolute atomic E-state index is 13.3. The lowest BCUT2D eigenvalue weighted by Crippen LogP contribution is -2.45. The van der Waals surface area contributed by atoms with Crippen LogP contribution in [0.15, 0.2) is 48.5 Å². The number of nitriles is 1. The van der Waals surface area contributed by atoms with Gasteiger partial charge >= 0.3 is 6.18 Å². The Hall–Kier alpha value is -3.01. The molecule has 2 aromatic rings. The molecule has 0 fully saturated rings. The highest BCUT2D eigenvalue weighted by molar-refractivity contribution is 5.81. The van der Waals surface area contributed by atoms with Gasteiger partial charge in [-0.25, -0.2) is 0 Å². The Morgan fingerprint density at radius 3 is 2.37 bits per heavy atom. The number of nitrogens with zero attached hydrogens (tertiary/aromatic N) is 2. The number of alkyl halides is 3. The van der Waals surface area contributed by atoms with Crippen LogP contribution in [0.1, 0.15) is 50.3 Å². The Labute approximate surface area is 174 Å². The highest BCUT2D eigenvalue weighted by atomic mass is 19.4. The van der Waals surface area contributed by atoms with Gasteiger partial charge in [0.1, 0.15) is 5.75 Å². The lowest BCUT2D eigenvalue weighted by atomic mass is 10.1. The molecule has 1 atom stereocenters. The fourth-order valence-electron chi connectivity index (χ4n) is 3.07. The first kappa shape index (κ1) is 23.3. The Kier molecular flexibility index (Phi) is 7.87. The minimum Gasteiger partial charge on any atom is -0.481 e. The molecular formula is C23H25F3N2O2. The zero-order valence-electron chi connectivity index (χ0n) is 17.2. The lowest BCUT2D eigenvalue weighted by Gasteiger charge is -2.31. The summed E-state index contributed by atoms with van der Waals surface area (Å²) < 4.78 is 45.5. The number of amides is 1. The van der Waals surface area contributed by atoms with Gasteiger partial charge in [0.2, 0.25) is 0 Å². The number of benzene rings is 2. The molecule has 0 spiro atoms. The maximum atomic E-state index is 13.3. The van der Waals surface area contributed by atoms with Crippen molar-refractivity contribution in [1.29, 1.82) is 5.26 Å². The molecule has 1 unspecified atom stereocenters. The molecule has 0 aromatic heterocycles. The Bertz CT molecular complexity index is 890. The van der Waals surface area contributed by atoms with Crippen LogP contribution in [0.25, 0.3) is 0 Å². The summed E-state index contributed by atoms with van der Waals surface area (Å²) in [5.74, 6) is -0.370. The van der Waals surface area contributed by atoms with E-state index >= 15 is 0 Å². The zero-order chi connectivity index (χ0) is 22.3. The minimum absolute atomic E-state index is 0.0865. The van der Waals surface area contributed by atoms with Gasteiger partial charge in [0, 0.05) is 12.6 Å². The third-order valence-corrected chi connectivity index (χ3v) is 4.62. The van der Waals surface area contributed by atoms with Crippen molar-refractivity contribution in [2.75, 3.05) is 0 Å². The smallest absolute Gasteiger partial charge is 0.417 e. The molecule has 1 amide bonds. The summed E-state index contributed by atoms with van der Waals surface area (Å²) in [6, 6.07) is 14.0. The van der Waals surface area contributed by atoms with Crippen LogP contribution in [0, 0.1) is 11.3 Å². The van der Waals surface area contributed by atoms with Crippen molar-refractivity contribution >= 4 is 5.91 Å². The third-order valence-electron chi connectivity index (χ3n) is 4.62. The summed E-state index contributed by atoms with van der Waals surface area (Å²) in [6.45, 7) is 6.02. The second-order valence-corrected chi connectivity index (χ2v) is 7.26. The van der Waals surface area contributed by atoms with Crippen molar-refractivity contribution in [2.45, 2.75) is 58.5 Å². The van der Waals surface area contributed by atoms with Gasteiger partial charge in [0.15, 0.2) is 6.10 Å². The molecule has 0 aliphatic rings. The van der Waals surface area contributed by atoms with Crippen molar-refractivity contribution in [2.24, 2.45) is 0 Å². The van der Waals surface area contributed by atoms with Crippen LogP contribution in [-0.4, -0.2) is 23.0 Å². The topological polar surface area (TPSA) is 53.3 Å². The third kappa shape index (κ3) is 5.99. The number of rotatable bonds is 8. The van der Waals surface area contributed by atoms with Gasteiger partial charge in [-0.1, -0.05) is 43.7 Å². The largest absolute Gasteiger partial charge is 0.481 e. The van der Waals surface area contributed by atoms with E-state index in [1.807, 2.05) is 51.1 Å². The summed E-state index contributed by atoms with van der Waals surface area (Å²) >= 11 is 0. The first-order chi connectivity index (χ1) is 14.2. The van der Waals surface area contributed by atoms with Crippen LogP contribution in [-0.2, 0) is 17.5 Å². The molecule has 0 saturated heterocycles. The average Bonchev–Trinajstić information content (AvgIpc) is 2.71. The SMILES string of the molecule is CCCC(Oc1ccc(C#N)c(C(F)(F)F)c1)C(=O)N(Cc1ccccc1)C(C)C. The second-order valence-electron chi connectivity index (χ2n) is 7.26. The Morgan fingerprint density at radius 1 is 1.17 bits per heavy atom. The molecular weight excluding hydrogens is 393 g/mol. The molecule has 4 nitrogen and oxygen atoms in total. The molecule has 0 aliphatic heterocycles. The van der Waals surface area contributed by atoms with Crippen LogP contribution >= 0.6 is 0 Å². The van der Waals surface area contributed by atoms with Crippen LogP contribution < -0.4 is 4.74 Å². The summed E-state index contributed by atoms with van der Waals surface area (Å²) in [5, 5.41) is 8.95. The molecule has 0 aliphatic carbocycles. The van der Waals surface area contributed by atoms with Gasteiger partial charge < -0.3 is 9.64 Å². The van der Waals surface area contributed by atoms with E-state index in [1.165, 1.54) is 6.07 Å². The number of hydrogen-bond donors (Lipinski definition) is 0. The minimum atomic E-state index is -4.69. The normalized spacial score (nSPS) is 12.3. The van der Waals surface area contributed by atoms with Gasteiger partial charge in [0.25, 0.3) is 5.91 Å². The van der Waals surface area contributed by atoms with Crippen LogP contribution in [0.4, 0.5) is 13.2 Å². The number of hydrogen-bond acceptors (Lipinski definition) is 3. The van der Waals surface area contributed by atoms with E-state index in [0.29, 0.717) is 19.4 Å². The van der Waals surface area contributed by atoms with Gasteiger partial charge in [-0.05, 0) is 44.0 Å². The van der Waals surface area contributed by atoms with E-state index in [0.717, 1.165) is 17.7 Å². The summed E-state index contributed by atoms with van der Waals surface area (Å²) in [5.41, 5.74) is -0.608. The van der Waals surface area contributed by atoms with Crippen LogP contribution in [0.2, 0.25) is 0 Å². The molecule has 160 valence electrons. The highest BCUT2D eigenvalue weighted by Gasteiger charge is 2.35. The fraction of sp³-hybridized carbons (Fsp3) is 0.391. The lowest BCUT2D eigenvalue weighted by molar-refractivity contribution is -0.141. The molecule has 2 aromatic carbocycles. The average molecular weight is 418 g/mol. The fourth-order valence-corrected chi connectivity index (χ4v) is 3.07. The molecule has 7 heteroatoms. The van der Waals surface area contributed by atoms with Crippen molar-refractivity contribution in [3.8, 4) is 11.8 Å². The van der Waals surface area contributed by atoms with Crippen LogP contribution in [0.3, 0.4) is 0 Å². The highest BCUT2D eigenvalue weighted by Crippen LogP contribution is 2.34. The van der Waals surface area contributed by atoms with E-state index in [-0.39, 0.29) is 17.7 Å². The summed E-state index contributed by atoms with van der Waals surface area (Å²) in [6.07, 6.45) is -4.63. The predicted molar refractivity (Wildman–Crippen MR) is 108 cm³/mol. The van der Waals surface area contributed by atoms with E-state index in [4.69, 9.17) is 10.00 Å². The number of carbonyl (C=O) groups is 1. The predicted octanol–water partition coefficient (Wildman–Crippen LogP) is 5.56. The molecule has 2 rings (SSSR count). The van der Waals surface area contributed by atoms with Gasteiger partial charge in [-0.3, -0.25) is 4.79 Å². The van der Waals surface area contributed by atoms with E-state index in [9.17, 15) is 18.0 Å². The zero-order valence-corrected chi connectivity index (χ0v) is 17.2. The summed E-state index contributed by atoms with van der Waals surface area (Å²) in [4.78, 5) is 14.9. The number of carbonyl (C=O) groups excluding carboxylic acids is 1. The number of ether oxygens (including phenoxy) is 1. The van der Waals surface area contributed by atoms with E-state index < -0.39 is 23.4 Å². The van der Waals surface area contributed by atoms with Crippen molar-refractivity contribution in [3.05, 3.63) is 65.2 Å². The van der Waals surface area contributed by atoms with Gasteiger partial charge in [0.05, 0.1) is 17.2 Å². The first-order valence-electron chi connectivity index (χ1n) is 9.79. The molecule has 0 bridgehead atoms. The van der Waals surface area contributed by atoms with E-state index in [2.05, 4.69) is 0 Å². The van der Waals surface area contributed by atoms with Crippen molar-refractivity contribution < 1.29 is 22.7 Å². The molecule has 0 heterocycles. The van der Waals surface area contributed by atoms with Crippen molar-refractivity contribution in [3.63, 3.8) is 0 Å². The molecule has 0 N–H and O–H groups in total. The monoisotopic (exact) mass is 418 g/mol. The Balaban J connectivity index is 2.29. The summed E-state index contributed by atoms with van der Waals surface area (Å²) in [7, 11) is 0. The Morgan fingerprint density at radius 2 is 1.83 bits per heavy atom. The van der Waals surface area contributed by atoms with Gasteiger partial charge in [-0.2, -0.15) is 18.4 Å². The number of halogens is 3. The van der Waals surface area contributed by atoms with Crippen LogP contribution in [0.5, 0.6) is 5.75 Å². The molecule has 0 saturated carbocycles. The van der Waals surface area contributed by atoms with Gasteiger partial charge in [-0.15, -0.1) is 0 Å².